The highest BCUT2D eigenvalue weighted by Crippen LogP contribution is 2.34. The van der Waals surface area contributed by atoms with E-state index < -0.39 is 22.7 Å². The first kappa shape index (κ1) is 15.5. The number of aliphatic imine (C=N–C) groups is 1. The Morgan fingerprint density at radius 3 is 2.71 bits per heavy atom. The number of alkyl halides is 2. The first-order valence-corrected chi connectivity index (χ1v) is 6.96. The molecule has 0 saturated heterocycles. The van der Waals surface area contributed by atoms with Gasteiger partial charge in [0.25, 0.3) is 5.84 Å². The van der Waals surface area contributed by atoms with E-state index in [9.17, 15) is 13.2 Å². The highest BCUT2D eigenvalue weighted by molar-refractivity contribution is 7.99. The van der Waals surface area contributed by atoms with Gasteiger partial charge in [0.1, 0.15) is 7.05 Å². The van der Waals surface area contributed by atoms with E-state index in [1.165, 1.54) is 30.9 Å². The van der Waals surface area contributed by atoms with Crippen LogP contribution in [0.1, 0.15) is 5.56 Å². The lowest BCUT2D eigenvalue weighted by Gasteiger charge is -2.20. The van der Waals surface area contributed by atoms with Crippen LogP contribution in [0, 0.1) is 24.1 Å². The van der Waals surface area contributed by atoms with Crippen LogP contribution in [-0.4, -0.2) is 31.4 Å². The maximum absolute atomic E-state index is 14.2. The number of hydrogen-bond acceptors (Lipinski definition) is 4. The molecular formula is C13H12F3N4S+. The molecule has 110 valence electrons. The number of thioether (sulfide) groups is 1. The molecule has 1 heterocycles. The zero-order valence-electron chi connectivity index (χ0n) is 11.3. The van der Waals surface area contributed by atoms with Crippen LogP contribution in [0.2, 0.25) is 0 Å². The molecule has 0 saturated carbocycles. The Hall–Kier alpha value is -1.85. The summed E-state index contributed by atoms with van der Waals surface area (Å²) in [5.41, 5.74) is 0.790. The van der Waals surface area contributed by atoms with Crippen LogP contribution in [-0.2, 0) is 0 Å². The molecular weight excluding hydrogens is 301 g/mol. The van der Waals surface area contributed by atoms with Crippen molar-refractivity contribution in [1.29, 1.82) is 5.26 Å². The molecule has 1 aliphatic heterocycles. The number of benzene rings is 1. The minimum Gasteiger partial charge on any atom is -0.201 e. The van der Waals surface area contributed by atoms with Crippen LogP contribution >= 0.6 is 11.8 Å². The Morgan fingerprint density at radius 1 is 1.43 bits per heavy atom. The lowest BCUT2D eigenvalue weighted by Crippen LogP contribution is -2.36. The molecule has 0 aromatic heterocycles. The van der Waals surface area contributed by atoms with Crippen LogP contribution in [0.4, 0.5) is 18.9 Å². The maximum atomic E-state index is 14.2. The van der Waals surface area contributed by atoms with Crippen molar-refractivity contribution < 1.29 is 13.2 Å². The van der Waals surface area contributed by atoms with Gasteiger partial charge in [-0.25, -0.2) is 13.2 Å². The second-order valence-corrected chi connectivity index (χ2v) is 5.56. The average Bonchev–Trinajstić information content (AvgIpc) is 2.81. The van der Waals surface area contributed by atoms with Gasteiger partial charge in [0.2, 0.25) is 12.0 Å². The Bertz CT molecular complexity index is 666. The Kier molecular flexibility index (Phi) is 4.34. The molecule has 0 spiro atoms. The van der Waals surface area contributed by atoms with Gasteiger partial charge in [0, 0.05) is 11.0 Å². The fourth-order valence-electron chi connectivity index (χ4n) is 1.91. The van der Waals surface area contributed by atoms with Crippen molar-refractivity contribution in [2.45, 2.75) is 18.2 Å². The predicted octanol–water partition coefficient (Wildman–Crippen LogP) is 3.31. The number of hydrogen-bond donors (Lipinski definition) is 0. The molecule has 4 nitrogen and oxygen atoms in total. The highest BCUT2D eigenvalue weighted by atomic mass is 32.2. The average molecular weight is 313 g/mol. The SMILES string of the molecule is Cc1cc(F)c([N+]2(C)C=NC(C(F)F)=N2)cc1SCC#N. The standard InChI is InChI=1S/C13H12F3N4S/c1-8-5-9(14)10(6-11(8)21-4-3-17)20(2)7-18-13(19-20)12(15)16/h5-7,12H,4H2,1-2H3/q+1. The molecule has 1 aromatic rings. The largest absolute Gasteiger partial charge is 0.302 e. The number of aryl methyl sites for hydroxylation is 1. The summed E-state index contributed by atoms with van der Waals surface area (Å²) in [5, 5.41) is 12.4. The van der Waals surface area contributed by atoms with Gasteiger partial charge < -0.3 is 0 Å². The second-order valence-electron chi connectivity index (χ2n) is 4.55. The molecule has 0 bridgehead atoms. The molecule has 0 radical (unpaired) electrons. The summed E-state index contributed by atoms with van der Waals surface area (Å²) in [6.07, 6.45) is -1.64. The number of nitriles is 1. The number of nitrogens with zero attached hydrogens (tertiary/aromatic N) is 4. The summed E-state index contributed by atoms with van der Waals surface area (Å²) < 4.78 is 38.9. The first-order valence-electron chi connectivity index (χ1n) is 5.97. The molecule has 0 amide bonds. The van der Waals surface area contributed by atoms with Gasteiger partial charge in [-0.15, -0.1) is 16.4 Å². The Morgan fingerprint density at radius 2 is 2.14 bits per heavy atom. The van der Waals surface area contributed by atoms with E-state index in [-0.39, 0.29) is 11.4 Å². The van der Waals surface area contributed by atoms with E-state index in [1.807, 2.05) is 6.07 Å². The third-order valence-electron chi connectivity index (χ3n) is 2.94. The van der Waals surface area contributed by atoms with Gasteiger partial charge in [-0.05, 0) is 23.7 Å². The predicted molar refractivity (Wildman–Crippen MR) is 77.1 cm³/mol. The molecule has 21 heavy (non-hydrogen) atoms. The Labute approximate surface area is 124 Å². The zero-order valence-corrected chi connectivity index (χ0v) is 12.2. The quantitative estimate of drug-likeness (QED) is 0.632. The Balaban J connectivity index is 2.45. The molecule has 8 heteroatoms. The summed E-state index contributed by atoms with van der Waals surface area (Å²) in [7, 11) is 1.46. The molecule has 1 aromatic carbocycles. The molecule has 1 unspecified atom stereocenters. The van der Waals surface area contributed by atoms with Gasteiger partial charge in [-0.2, -0.15) is 10.3 Å². The lowest BCUT2D eigenvalue weighted by molar-refractivity contribution is 0.223. The van der Waals surface area contributed by atoms with Crippen LogP contribution in [0.5, 0.6) is 0 Å². The van der Waals surface area contributed by atoms with E-state index in [4.69, 9.17) is 5.26 Å². The van der Waals surface area contributed by atoms with E-state index in [1.54, 1.807) is 6.92 Å². The molecule has 0 aliphatic carbocycles. The number of rotatable bonds is 4. The maximum Gasteiger partial charge on any atom is 0.302 e. The van der Waals surface area contributed by atoms with Crippen LogP contribution in [0.3, 0.4) is 0 Å². The van der Waals surface area contributed by atoms with Crippen molar-refractivity contribution in [3.05, 3.63) is 23.5 Å². The summed E-state index contributed by atoms with van der Waals surface area (Å²) in [5.74, 6) is -0.958. The lowest BCUT2D eigenvalue weighted by atomic mass is 10.2. The van der Waals surface area contributed by atoms with Gasteiger partial charge in [-0.1, -0.05) is 0 Å². The third-order valence-corrected chi connectivity index (χ3v) is 3.97. The summed E-state index contributed by atoms with van der Waals surface area (Å²) in [6, 6.07) is 4.82. The van der Waals surface area contributed by atoms with Gasteiger partial charge >= 0.3 is 6.43 Å². The molecule has 2 rings (SSSR count). The number of halogens is 3. The van der Waals surface area contributed by atoms with E-state index >= 15 is 0 Å². The van der Waals surface area contributed by atoms with Gasteiger partial charge in [-0.3, -0.25) is 0 Å². The molecule has 1 atom stereocenters. The topological polar surface area (TPSA) is 48.5 Å². The van der Waals surface area contributed by atoms with Gasteiger partial charge in [0.15, 0.2) is 5.82 Å². The van der Waals surface area contributed by atoms with Crippen LogP contribution < -0.4 is 4.59 Å². The van der Waals surface area contributed by atoms with Crippen molar-refractivity contribution in [1.82, 2.24) is 4.59 Å². The summed E-state index contributed by atoms with van der Waals surface area (Å²) >= 11 is 1.26. The van der Waals surface area contributed by atoms with Crippen molar-refractivity contribution >= 4 is 29.6 Å². The fourth-order valence-corrected chi connectivity index (χ4v) is 2.61. The van der Waals surface area contributed by atoms with Crippen molar-refractivity contribution in [3.8, 4) is 6.07 Å². The minimum absolute atomic E-state index is 0.112. The van der Waals surface area contributed by atoms with Crippen LogP contribution in [0.15, 0.2) is 27.1 Å². The van der Waals surface area contributed by atoms with E-state index in [0.29, 0.717) is 10.5 Å². The number of amidine groups is 1. The minimum atomic E-state index is -2.80. The first-order chi connectivity index (χ1) is 9.87. The normalized spacial score (nSPS) is 20.7. The second kappa shape index (κ2) is 5.87. The summed E-state index contributed by atoms with van der Waals surface area (Å²) in [4.78, 5) is 4.25. The highest BCUT2D eigenvalue weighted by Gasteiger charge is 2.36. The third kappa shape index (κ3) is 3.09. The number of quaternary nitrogens is 1. The van der Waals surface area contributed by atoms with E-state index in [0.717, 1.165) is 6.34 Å². The van der Waals surface area contributed by atoms with Crippen LogP contribution in [0.25, 0.3) is 0 Å². The molecule has 0 N–H and O–H groups in total. The van der Waals surface area contributed by atoms with E-state index in [2.05, 4.69) is 10.1 Å². The summed E-state index contributed by atoms with van der Waals surface area (Å²) in [6.45, 7) is 1.72. The van der Waals surface area contributed by atoms with Crippen molar-refractivity contribution in [3.63, 3.8) is 0 Å². The monoisotopic (exact) mass is 313 g/mol. The fraction of sp³-hybridized carbons (Fsp3) is 0.308. The van der Waals surface area contributed by atoms with Crippen molar-refractivity contribution in [2.24, 2.45) is 10.1 Å². The zero-order chi connectivity index (χ0) is 15.6. The smallest absolute Gasteiger partial charge is 0.201 e. The van der Waals surface area contributed by atoms with Gasteiger partial charge in [0.05, 0.1) is 11.8 Å². The molecule has 0 fully saturated rings. The molecule has 1 aliphatic rings. The van der Waals surface area contributed by atoms with Crippen molar-refractivity contribution in [2.75, 3.05) is 12.8 Å².